The first-order valence-electron chi connectivity index (χ1n) is 11.7. The minimum absolute atomic E-state index is 0.0156. The molecule has 2 aliphatic heterocycles. The molecule has 2 aromatic rings. The smallest absolute Gasteiger partial charge is 0.416 e. The molecule has 0 atom stereocenters. The second kappa shape index (κ2) is 9.88. The summed E-state index contributed by atoms with van der Waals surface area (Å²) >= 11 is 0. The van der Waals surface area contributed by atoms with E-state index in [1.165, 1.54) is 0 Å². The molecule has 3 heterocycles. The second-order valence-electron chi connectivity index (χ2n) is 9.03. The number of carbonyl (C=O) groups is 2. The highest BCUT2D eigenvalue weighted by atomic mass is 19.4. The van der Waals surface area contributed by atoms with E-state index in [1.54, 1.807) is 4.68 Å². The van der Waals surface area contributed by atoms with Crippen LogP contribution in [0.25, 0.3) is 0 Å². The van der Waals surface area contributed by atoms with Gasteiger partial charge in [-0.3, -0.25) is 9.48 Å². The number of ether oxygens (including phenoxy) is 2. The normalized spacial score (nSPS) is 17.5. The van der Waals surface area contributed by atoms with Crippen LogP contribution in [0.5, 0.6) is 5.75 Å². The van der Waals surface area contributed by atoms with Crippen molar-refractivity contribution in [3.05, 3.63) is 46.3 Å². The number of rotatable bonds is 6. The molecular formula is C24H28F3N3O5. The Labute approximate surface area is 200 Å². The molecule has 0 aliphatic carbocycles. The van der Waals surface area contributed by atoms with Crippen LogP contribution < -0.4 is 5.32 Å². The van der Waals surface area contributed by atoms with E-state index in [-0.39, 0.29) is 23.5 Å². The number of aromatic nitrogens is 2. The van der Waals surface area contributed by atoms with Gasteiger partial charge in [-0.15, -0.1) is 0 Å². The number of esters is 1. The predicted octanol–water partition coefficient (Wildman–Crippen LogP) is 3.50. The fraction of sp³-hybridized carbons (Fsp3) is 0.542. The summed E-state index contributed by atoms with van der Waals surface area (Å²) < 4.78 is 50.7. The Morgan fingerprint density at radius 2 is 2.06 bits per heavy atom. The van der Waals surface area contributed by atoms with Crippen LogP contribution in [0.3, 0.4) is 0 Å². The van der Waals surface area contributed by atoms with Crippen LogP contribution in [0.15, 0.2) is 18.2 Å². The summed E-state index contributed by atoms with van der Waals surface area (Å²) in [5, 5.41) is 17.5. The molecule has 0 radical (unpaired) electrons. The van der Waals surface area contributed by atoms with Crippen LogP contribution in [0, 0.1) is 5.41 Å². The van der Waals surface area contributed by atoms with Gasteiger partial charge < -0.3 is 19.9 Å². The van der Waals surface area contributed by atoms with E-state index in [1.807, 2.05) is 6.92 Å². The van der Waals surface area contributed by atoms with Crippen molar-refractivity contribution >= 4 is 11.9 Å². The molecule has 190 valence electrons. The second-order valence-corrected chi connectivity index (χ2v) is 9.03. The Morgan fingerprint density at radius 1 is 1.31 bits per heavy atom. The molecular weight excluding hydrogens is 467 g/mol. The van der Waals surface area contributed by atoms with Gasteiger partial charge in [0.2, 0.25) is 0 Å². The van der Waals surface area contributed by atoms with Crippen LogP contribution in [-0.4, -0.2) is 53.1 Å². The Bertz CT molecular complexity index is 1110. The summed E-state index contributed by atoms with van der Waals surface area (Å²) in [7, 11) is 0. The van der Waals surface area contributed by atoms with E-state index < -0.39 is 23.5 Å². The molecule has 11 heteroatoms. The first-order chi connectivity index (χ1) is 16.6. The summed E-state index contributed by atoms with van der Waals surface area (Å²) in [5.74, 6) is -1.84. The minimum atomic E-state index is -4.63. The average molecular weight is 495 g/mol. The molecule has 0 bridgehead atoms. The summed E-state index contributed by atoms with van der Waals surface area (Å²) in [6.07, 6.45) is -1.37. The average Bonchev–Trinajstić information content (AvgIpc) is 3.10. The number of halogens is 3. The van der Waals surface area contributed by atoms with E-state index in [2.05, 4.69) is 10.4 Å². The summed E-state index contributed by atoms with van der Waals surface area (Å²) in [5.41, 5.74) is 0.791. The lowest BCUT2D eigenvalue weighted by molar-refractivity contribution is -0.137. The van der Waals surface area contributed by atoms with E-state index in [0.29, 0.717) is 57.3 Å². The molecule has 4 rings (SSSR count). The van der Waals surface area contributed by atoms with Crippen LogP contribution in [0.2, 0.25) is 0 Å². The first kappa shape index (κ1) is 25.0. The molecule has 8 nitrogen and oxygen atoms in total. The highest BCUT2D eigenvalue weighted by molar-refractivity contribution is 5.95. The van der Waals surface area contributed by atoms with Gasteiger partial charge in [-0.05, 0) is 62.6 Å². The fourth-order valence-corrected chi connectivity index (χ4v) is 4.73. The van der Waals surface area contributed by atoms with Gasteiger partial charge in [0.25, 0.3) is 5.91 Å². The van der Waals surface area contributed by atoms with Gasteiger partial charge in [-0.2, -0.15) is 18.3 Å². The van der Waals surface area contributed by atoms with E-state index in [0.717, 1.165) is 36.2 Å². The number of aryl methyl sites for hydroxylation is 2. The molecule has 1 aromatic carbocycles. The number of nitrogens with one attached hydrogen (secondary N) is 1. The van der Waals surface area contributed by atoms with Gasteiger partial charge in [0.05, 0.1) is 17.9 Å². The predicted molar refractivity (Wildman–Crippen MR) is 118 cm³/mol. The Kier molecular flexibility index (Phi) is 7.07. The van der Waals surface area contributed by atoms with Crippen molar-refractivity contribution in [2.24, 2.45) is 5.41 Å². The van der Waals surface area contributed by atoms with Crippen LogP contribution in [0.4, 0.5) is 13.2 Å². The highest BCUT2D eigenvalue weighted by Gasteiger charge is 2.39. The molecule has 1 spiro atoms. The lowest BCUT2D eigenvalue weighted by Crippen LogP contribution is -2.40. The zero-order chi connectivity index (χ0) is 25.2. The van der Waals surface area contributed by atoms with Gasteiger partial charge >= 0.3 is 12.1 Å². The maximum Gasteiger partial charge on any atom is 0.416 e. The number of phenols is 1. The van der Waals surface area contributed by atoms with Crippen molar-refractivity contribution in [1.82, 2.24) is 15.1 Å². The zero-order valence-corrected chi connectivity index (χ0v) is 19.4. The minimum Gasteiger partial charge on any atom is -0.507 e. The number of hydrogen-bond donors (Lipinski definition) is 2. The Morgan fingerprint density at radius 3 is 2.71 bits per heavy atom. The quantitative estimate of drug-likeness (QED) is 0.470. The Balaban J connectivity index is 1.43. The SMILES string of the molecule is CCn1nc(CCCOC(=O)c2ccc(C(F)(F)F)cc2O)c2c1C(=O)NCC1(CCOCC1)C2. The fourth-order valence-electron chi connectivity index (χ4n) is 4.73. The number of alkyl halides is 3. The van der Waals surface area contributed by atoms with E-state index in [4.69, 9.17) is 9.47 Å². The maximum absolute atomic E-state index is 12.9. The van der Waals surface area contributed by atoms with Gasteiger partial charge in [0.15, 0.2) is 0 Å². The van der Waals surface area contributed by atoms with Crippen LogP contribution in [-0.2, 0) is 35.0 Å². The van der Waals surface area contributed by atoms with Crippen molar-refractivity contribution in [3.63, 3.8) is 0 Å². The molecule has 0 unspecified atom stereocenters. The molecule has 35 heavy (non-hydrogen) atoms. The summed E-state index contributed by atoms with van der Waals surface area (Å²) in [6, 6.07) is 2.12. The zero-order valence-electron chi connectivity index (χ0n) is 19.4. The number of hydrogen-bond acceptors (Lipinski definition) is 6. The third-order valence-corrected chi connectivity index (χ3v) is 6.71. The van der Waals surface area contributed by atoms with Gasteiger partial charge in [-0.1, -0.05) is 0 Å². The van der Waals surface area contributed by atoms with Gasteiger partial charge in [0, 0.05) is 31.9 Å². The van der Waals surface area contributed by atoms with Gasteiger partial charge in [0.1, 0.15) is 17.0 Å². The number of fused-ring (bicyclic) bond motifs is 1. The summed E-state index contributed by atoms with van der Waals surface area (Å²) in [6.45, 7) is 4.32. The van der Waals surface area contributed by atoms with Crippen LogP contribution in [0.1, 0.15) is 63.9 Å². The third kappa shape index (κ3) is 5.29. The molecule has 1 saturated heterocycles. The van der Waals surface area contributed by atoms with Crippen molar-refractivity contribution in [2.75, 3.05) is 26.4 Å². The lowest BCUT2D eigenvalue weighted by Gasteiger charge is -2.36. The highest BCUT2D eigenvalue weighted by Crippen LogP contribution is 2.38. The van der Waals surface area contributed by atoms with E-state index in [9.17, 15) is 27.9 Å². The molecule has 1 amide bonds. The number of benzene rings is 1. The monoisotopic (exact) mass is 495 g/mol. The Hall–Kier alpha value is -3.08. The van der Waals surface area contributed by atoms with Crippen molar-refractivity contribution in [2.45, 2.75) is 51.7 Å². The number of carbonyl (C=O) groups excluding carboxylic acids is 2. The van der Waals surface area contributed by atoms with E-state index >= 15 is 0 Å². The van der Waals surface area contributed by atoms with Crippen molar-refractivity contribution in [1.29, 1.82) is 0 Å². The van der Waals surface area contributed by atoms with Crippen LogP contribution >= 0.6 is 0 Å². The molecule has 1 aromatic heterocycles. The lowest BCUT2D eigenvalue weighted by atomic mass is 9.75. The van der Waals surface area contributed by atoms with Crippen molar-refractivity contribution in [3.8, 4) is 5.75 Å². The number of nitrogens with zero attached hydrogens (tertiary/aromatic N) is 2. The maximum atomic E-state index is 12.9. The molecule has 2 N–H and O–H groups in total. The first-order valence-corrected chi connectivity index (χ1v) is 11.7. The number of amides is 1. The molecule has 1 fully saturated rings. The third-order valence-electron chi connectivity index (χ3n) is 6.71. The largest absolute Gasteiger partial charge is 0.507 e. The van der Waals surface area contributed by atoms with Crippen molar-refractivity contribution < 1.29 is 37.3 Å². The standard InChI is InChI=1S/C24H28F3N3O5/c1-2-30-20-17(13-23(14-28-21(20)32)7-10-34-11-8-23)18(29-30)4-3-9-35-22(33)16-6-5-15(12-19(16)31)24(25,26)27/h5-6,12,31H,2-4,7-11,13-14H2,1H3,(H,28,32). The number of phenolic OH excluding ortho intramolecular Hbond substituents is 1. The number of aromatic hydroxyl groups is 1. The molecule has 0 saturated carbocycles. The topological polar surface area (TPSA) is 103 Å². The van der Waals surface area contributed by atoms with Gasteiger partial charge in [-0.25, -0.2) is 4.79 Å². The molecule has 2 aliphatic rings. The summed E-state index contributed by atoms with van der Waals surface area (Å²) in [4.78, 5) is 25.1.